The lowest BCUT2D eigenvalue weighted by atomic mass is 10.0. The first-order valence-electron chi connectivity index (χ1n) is 11.6. The van der Waals surface area contributed by atoms with Crippen LogP contribution in [0.15, 0.2) is 85.2 Å². The molecule has 6 nitrogen and oxygen atoms in total. The summed E-state index contributed by atoms with van der Waals surface area (Å²) >= 11 is 0. The third-order valence-electron chi connectivity index (χ3n) is 6.47. The normalized spacial score (nSPS) is 14.9. The summed E-state index contributed by atoms with van der Waals surface area (Å²) in [6.07, 6.45) is 5.43. The van der Waals surface area contributed by atoms with Crippen LogP contribution in [0.4, 0.5) is 10.2 Å². The first-order chi connectivity index (χ1) is 16.6. The molecule has 2 aromatic carbocycles. The molecular formula is C27H28FN5O. The summed E-state index contributed by atoms with van der Waals surface area (Å²) in [5.74, 6) is 0.259. The summed E-state index contributed by atoms with van der Waals surface area (Å²) in [5, 5.41) is 4.71. The molecule has 0 unspecified atom stereocenters. The molecule has 34 heavy (non-hydrogen) atoms. The number of piperidine rings is 1. The van der Waals surface area contributed by atoms with Crippen molar-refractivity contribution >= 4 is 11.7 Å². The summed E-state index contributed by atoms with van der Waals surface area (Å²) in [6.45, 7) is 2.74. The molecule has 7 heteroatoms. The van der Waals surface area contributed by atoms with Crippen LogP contribution in [0.1, 0.15) is 28.9 Å². The fourth-order valence-corrected chi connectivity index (χ4v) is 4.62. The molecule has 1 amide bonds. The largest absolute Gasteiger partial charge is 0.347 e. The summed E-state index contributed by atoms with van der Waals surface area (Å²) in [6, 6.07) is 22.3. The van der Waals surface area contributed by atoms with Crippen LogP contribution in [-0.4, -0.2) is 44.3 Å². The van der Waals surface area contributed by atoms with Gasteiger partial charge in [0.15, 0.2) is 5.82 Å². The van der Waals surface area contributed by atoms with E-state index in [9.17, 15) is 9.18 Å². The SMILES string of the molecule is Cn1cccc1C(=O)N(c1ccn(-c2ccc(F)cc2)n1)C1CCN(Cc2ccccc2)CC1. The van der Waals surface area contributed by atoms with Crippen LogP contribution in [0, 0.1) is 5.82 Å². The van der Waals surface area contributed by atoms with Crippen molar-refractivity contribution in [1.82, 2.24) is 19.2 Å². The molecule has 0 spiro atoms. The number of anilines is 1. The Kier molecular flexibility index (Phi) is 6.27. The zero-order valence-electron chi connectivity index (χ0n) is 19.2. The van der Waals surface area contributed by atoms with E-state index in [0.29, 0.717) is 11.5 Å². The number of likely N-dealkylation sites (tertiary alicyclic amines) is 1. The minimum atomic E-state index is -0.293. The molecule has 3 heterocycles. The molecule has 0 bridgehead atoms. The second kappa shape index (κ2) is 9.65. The predicted octanol–water partition coefficient (Wildman–Crippen LogP) is 4.66. The average molecular weight is 458 g/mol. The van der Waals surface area contributed by atoms with Crippen LogP contribution in [0.25, 0.3) is 5.69 Å². The number of rotatable bonds is 6. The Morgan fingerprint density at radius 3 is 2.38 bits per heavy atom. The lowest BCUT2D eigenvalue weighted by molar-refractivity contribution is 0.0949. The Morgan fingerprint density at radius 2 is 1.71 bits per heavy atom. The van der Waals surface area contributed by atoms with Gasteiger partial charge in [0, 0.05) is 51.2 Å². The van der Waals surface area contributed by atoms with E-state index in [1.54, 1.807) is 16.8 Å². The van der Waals surface area contributed by atoms with E-state index in [4.69, 9.17) is 5.10 Å². The highest BCUT2D eigenvalue weighted by Gasteiger charge is 2.32. The minimum Gasteiger partial charge on any atom is -0.347 e. The van der Waals surface area contributed by atoms with Crippen molar-refractivity contribution in [2.45, 2.75) is 25.4 Å². The molecule has 0 saturated carbocycles. The van der Waals surface area contributed by atoms with E-state index in [1.165, 1.54) is 17.7 Å². The summed E-state index contributed by atoms with van der Waals surface area (Å²) in [7, 11) is 1.88. The monoisotopic (exact) mass is 457 g/mol. The van der Waals surface area contributed by atoms with Crippen molar-refractivity contribution in [2.24, 2.45) is 7.05 Å². The average Bonchev–Trinajstić information content (AvgIpc) is 3.51. The number of carbonyl (C=O) groups is 1. The molecule has 0 radical (unpaired) electrons. The summed E-state index contributed by atoms with van der Waals surface area (Å²) < 4.78 is 16.9. The Morgan fingerprint density at radius 1 is 0.971 bits per heavy atom. The van der Waals surface area contributed by atoms with Crippen molar-refractivity contribution in [1.29, 1.82) is 0 Å². The molecule has 1 aliphatic rings. The molecule has 174 valence electrons. The van der Waals surface area contributed by atoms with E-state index in [1.807, 2.05) is 53.2 Å². The van der Waals surface area contributed by atoms with Gasteiger partial charge < -0.3 is 4.57 Å². The van der Waals surface area contributed by atoms with Gasteiger partial charge in [-0.15, -0.1) is 5.10 Å². The number of carbonyl (C=O) groups excluding carboxylic acids is 1. The Bertz CT molecular complexity index is 1240. The number of halogens is 1. The van der Waals surface area contributed by atoms with Crippen LogP contribution in [-0.2, 0) is 13.6 Å². The zero-order valence-corrected chi connectivity index (χ0v) is 19.2. The Labute approximate surface area is 198 Å². The Hall–Kier alpha value is -3.71. The zero-order chi connectivity index (χ0) is 23.5. The second-order valence-electron chi connectivity index (χ2n) is 8.77. The maximum atomic E-state index is 13.7. The van der Waals surface area contributed by atoms with Gasteiger partial charge in [-0.05, 0) is 54.8 Å². The topological polar surface area (TPSA) is 46.3 Å². The van der Waals surface area contributed by atoms with E-state index in [0.717, 1.165) is 38.2 Å². The van der Waals surface area contributed by atoms with Gasteiger partial charge in [0.2, 0.25) is 0 Å². The third kappa shape index (κ3) is 4.65. The van der Waals surface area contributed by atoms with Gasteiger partial charge in [0.05, 0.1) is 5.69 Å². The predicted molar refractivity (Wildman–Crippen MR) is 130 cm³/mol. The van der Waals surface area contributed by atoms with Gasteiger partial charge in [-0.2, -0.15) is 0 Å². The van der Waals surface area contributed by atoms with Gasteiger partial charge in [-0.3, -0.25) is 14.6 Å². The van der Waals surface area contributed by atoms with E-state index < -0.39 is 0 Å². The van der Waals surface area contributed by atoms with Crippen LogP contribution >= 0.6 is 0 Å². The highest BCUT2D eigenvalue weighted by atomic mass is 19.1. The van der Waals surface area contributed by atoms with Crippen LogP contribution < -0.4 is 4.90 Å². The molecule has 4 aromatic rings. The fourth-order valence-electron chi connectivity index (χ4n) is 4.62. The lowest BCUT2D eigenvalue weighted by Crippen LogP contribution is -2.48. The number of hydrogen-bond acceptors (Lipinski definition) is 3. The molecule has 5 rings (SSSR count). The first kappa shape index (κ1) is 22.1. The highest BCUT2D eigenvalue weighted by Crippen LogP contribution is 2.26. The maximum absolute atomic E-state index is 13.7. The summed E-state index contributed by atoms with van der Waals surface area (Å²) in [4.78, 5) is 18.0. The molecular weight excluding hydrogens is 429 g/mol. The second-order valence-corrected chi connectivity index (χ2v) is 8.77. The molecule has 0 N–H and O–H groups in total. The van der Waals surface area contributed by atoms with Gasteiger partial charge >= 0.3 is 0 Å². The Balaban J connectivity index is 1.38. The fraction of sp³-hybridized carbons (Fsp3) is 0.259. The molecule has 0 aliphatic carbocycles. The van der Waals surface area contributed by atoms with Crippen LogP contribution in [0.5, 0.6) is 0 Å². The number of aryl methyl sites for hydroxylation is 1. The van der Waals surface area contributed by atoms with Crippen molar-refractivity contribution in [2.75, 3.05) is 18.0 Å². The third-order valence-corrected chi connectivity index (χ3v) is 6.47. The summed E-state index contributed by atoms with van der Waals surface area (Å²) in [5.41, 5.74) is 2.68. The molecule has 2 aromatic heterocycles. The standard InChI is InChI=1S/C27H28FN5O/c1-30-16-5-8-25(30)27(34)33(26-15-19-32(29-26)23-11-9-22(28)10-12-23)24-13-17-31(18-14-24)20-21-6-3-2-4-7-21/h2-12,15-16,19,24H,13-14,17-18,20H2,1H3. The van der Waals surface area contributed by atoms with Gasteiger partial charge in [-0.25, -0.2) is 9.07 Å². The molecule has 1 fully saturated rings. The van der Waals surface area contributed by atoms with Gasteiger partial charge in [0.1, 0.15) is 11.5 Å². The molecule has 1 saturated heterocycles. The van der Waals surface area contributed by atoms with E-state index in [2.05, 4.69) is 29.2 Å². The number of amides is 1. The van der Waals surface area contributed by atoms with E-state index >= 15 is 0 Å². The van der Waals surface area contributed by atoms with Crippen LogP contribution in [0.2, 0.25) is 0 Å². The van der Waals surface area contributed by atoms with Gasteiger partial charge in [0.25, 0.3) is 5.91 Å². The molecule has 1 aliphatic heterocycles. The number of aromatic nitrogens is 3. The van der Waals surface area contributed by atoms with Gasteiger partial charge in [-0.1, -0.05) is 30.3 Å². The lowest BCUT2D eigenvalue weighted by Gasteiger charge is -2.37. The molecule has 0 atom stereocenters. The van der Waals surface area contributed by atoms with Crippen molar-refractivity contribution in [3.05, 3.63) is 102 Å². The maximum Gasteiger partial charge on any atom is 0.276 e. The smallest absolute Gasteiger partial charge is 0.276 e. The highest BCUT2D eigenvalue weighted by molar-refractivity contribution is 6.05. The van der Waals surface area contributed by atoms with Crippen molar-refractivity contribution in [3.8, 4) is 5.69 Å². The van der Waals surface area contributed by atoms with Crippen LogP contribution in [0.3, 0.4) is 0 Å². The van der Waals surface area contributed by atoms with E-state index in [-0.39, 0.29) is 17.8 Å². The minimum absolute atomic E-state index is 0.0472. The van der Waals surface area contributed by atoms with Crippen molar-refractivity contribution < 1.29 is 9.18 Å². The van der Waals surface area contributed by atoms with Crippen molar-refractivity contribution in [3.63, 3.8) is 0 Å². The number of nitrogens with zero attached hydrogens (tertiary/aromatic N) is 5. The first-order valence-corrected chi connectivity index (χ1v) is 11.6. The quantitative estimate of drug-likeness (QED) is 0.423. The number of hydrogen-bond donors (Lipinski definition) is 0. The number of benzene rings is 2.